The molecule has 0 atom stereocenters. The van der Waals surface area contributed by atoms with Gasteiger partial charge in [-0.15, -0.1) is 0 Å². The summed E-state index contributed by atoms with van der Waals surface area (Å²) in [5.74, 6) is -1.16. The largest absolute Gasteiger partial charge is 0.504 e. The molecule has 2 rings (SSSR count). The van der Waals surface area contributed by atoms with E-state index in [1.54, 1.807) is 0 Å². The molecule has 0 aliphatic heterocycles. The number of aryl methyl sites for hydroxylation is 1. The lowest BCUT2D eigenvalue weighted by Gasteiger charge is -2.06. The van der Waals surface area contributed by atoms with Crippen molar-refractivity contribution in [2.75, 3.05) is 0 Å². The molecular weight excluding hydrogens is 244 g/mol. The first-order valence-electron chi connectivity index (χ1n) is 5.81. The molecule has 0 saturated heterocycles. The predicted molar refractivity (Wildman–Crippen MR) is 70.1 cm³/mol. The zero-order valence-corrected chi connectivity index (χ0v) is 10.5. The Labute approximate surface area is 110 Å². The van der Waals surface area contributed by atoms with Crippen LogP contribution in [-0.4, -0.2) is 16.2 Å². The Morgan fingerprint density at radius 2 is 1.89 bits per heavy atom. The van der Waals surface area contributed by atoms with Gasteiger partial charge in [0.1, 0.15) is 6.61 Å². The van der Waals surface area contributed by atoms with Gasteiger partial charge in [-0.1, -0.05) is 29.8 Å². The minimum atomic E-state index is -0.545. The smallest absolute Gasteiger partial charge is 0.338 e. The molecule has 0 spiro atoms. The molecule has 0 saturated carbocycles. The number of benzene rings is 2. The number of phenolic OH excluding ortho intramolecular Hbond substituents is 2. The van der Waals surface area contributed by atoms with Crippen molar-refractivity contribution >= 4 is 5.97 Å². The van der Waals surface area contributed by atoms with Gasteiger partial charge in [-0.05, 0) is 30.7 Å². The van der Waals surface area contributed by atoms with E-state index in [1.165, 1.54) is 18.2 Å². The third-order valence-electron chi connectivity index (χ3n) is 2.66. The highest BCUT2D eigenvalue weighted by atomic mass is 16.5. The molecule has 0 fully saturated rings. The van der Waals surface area contributed by atoms with Crippen molar-refractivity contribution in [2.24, 2.45) is 0 Å². The lowest BCUT2D eigenvalue weighted by molar-refractivity contribution is 0.0472. The Bertz CT molecular complexity index is 605. The zero-order valence-electron chi connectivity index (χ0n) is 10.5. The molecule has 0 aromatic heterocycles. The third kappa shape index (κ3) is 3.25. The molecule has 0 amide bonds. The number of aromatic hydroxyl groups is 2. The predicted octanol–water partition coefficient (Wildman–Crippen LogP) is 2.76. The normalized spacial score (nSPS) is 10.2. The number of carbonyl (C=O) groups is 1. The summed E-state index contributed by atoms with van der Waals surface area (Å²) in [6.45, 7) is 2.13. The summed E-state index contributed by atoms with van der Waals surface area (Å²) in [5.41, 5.74) is 2.19. The Hall–Kier alpha value is -2.49. The highest BCUT2D eigenvalue weighted by molar-refractivity contribution is 5.90. The fourth-order valence-electron chi connectivity index (χ4n) is 1.68. The van der Waals surface area contributed by atoms with Crippen molar-refractivity contribution in [3.8, 4) is 11.5 Å². The van der Waals surface area contributed by atoms with Gasteiger partial charge < -0.3 is 14.9 Å². The van der Waals surface area contributed by atoms with Gasteiger partial charge in [0, 0.05) is 0 Å². The zero-order chi connectivity index (χ0) is 13.8. The molecule has 4 heteroatoms. The fraction of sp³-hybridized carbons (Fsp3) is 0.133. The summed E-state index contributed by atoms with van der Waals surface area (Å²) in [6, 6.07) is 11.5. The summed E-state index contributed by atoms with van der Waals surface area (Å²) in [6.07, 6.45) is 0. The molecule has 2 aromatic carbocycles. The first-order chi connectivity index (χ1) is 9.06. The van der Waals surface area contributed by atoms with E-state index in [0.717, 1.165) is 11.1 Å². The summed E-state index contributed by atoms with van der Waals surface area (Å²) in [5, 5.41) is 18.5. The monoisotopic (exact) mass is 258 g/mol. The second kappa shape index (κ2) is 5.44. The summed E-state index contributed by atoms with van der Waals surface area (Å²) >= 11 is 0. The van der Waals surface area contributed by atoms with Crippen molar-refractivity contribution < 1.29 is 19.7 Å². The maximum absolute atomic E-state index is 11.8. The summed E-state index contributed by atoms with van der Waals surface area (Å²) in [4.78, 5) is 11.8. The minimum absolute atomic E-state index is 0.169. The van der Waals surface area contributed by atoms with E-state index in [-0.39, 0.29) is 23.7 Å². The van der Waals surface area contributed by atoms with Gasteiger partial charge in [-0.2, -0.15) is 0 Å². The van der Waals surface area contributed by atoms with Gasteiger partial charge in [0.25, 0.3) is 0 Å². The molecular formula is C15H14O4. The first kappa shape index (κ1) is 13.0. The molecule has 2 aromatic rings. The Morgan fingerprint density at radius 3 is 2.58 bits per heavy atom. The SMILES string of the molecule is Cc1cccc(COC(=O)c2ccc(O)c(O)c2)c1. The number of esters is 1. The van der Waals surface area contributed by atoms with Crippen LogP contribution in [0.1, 0.15) is 21.5 Å². The topological polar surface area (TPSA) is 66.8 Å². The molecule has 0 bridgehead atoms. The van der Waals surface area contributed by atoms with Gasteiger partial charge in [-0.25, -0.2) is 4.79 Å². The minimum Gasteiger partial charge on any atom is -0.504 e. The lowest BCUT2D eigenvalue weighted by atomic mass is 10.1. The molecule has 0 aliphatic rings. The maximum atomic E-state index is 11.8. The Morgan fingerprint density at radius 1 is 1.11 bits per heavy atom. The van der Waals surface area contributed by atoms with E-state index in [1.807, 2.05) is 31.2 Å². The quantitative estimate of drug-likeness (QED) is 0.656. The number of carbonyl (C=O) groups excluding carboxylic acids is 1. The highest BCUT2D eigenvalue weighted by Crippen LogP contribution is 2.25. The molecule has 0 heterocycles. The number of hydrogen-bond acceptors (Lipinski definition) is 4. The van der Waals surface area contributed by atoms with Crippen LogP contribution in [0.25, 0.3) is 0 Å². The van der Waals surface area contributed by atoms with Gasteiger partial charge in [0.2, 0.25) is 0 Å². The van der Waals surface area contributed by atoms with Gasteiger partial charge in [-0.3, -0.25) is 0 Å². The first-order valence-corrected chi connectivity index (χ1v) is 5.81. The molecule has 0 radical (unpaired) electrons. The standard InChI is InChI=1S/C15H14O4/c1-10-3-2-4-11(7-10)9-19-15(18)12-5-6-13(16)14(17)8-12/h2-8,16-17H,9H2,1H3. The van der Waals surface area contributed by atoms with Gasteiger partial charge in [0.05, 0.1) is 5.56 Å². The van der Waals surface area contributed by atoms with E-state index in [2.05, 4.69) is 0 Å². The van der Waals surface area contributed by atoms with Crippen LogP contribution < -0.4 is 0 Å². The summed E-state index contributed by atoms with van der Waals surface area (Å²) < 4.78 is 5.13. The van der Waals surface area contributed by atoms with Gasteiger partial charge >= 0.3 is 5.97 Å². The van der Waals surface area contributed by atoms with E-state index in [9.17, 15) is 9.90 Å². The fourth-order valence-corrected chi connectivity index (χ4v) is 1.68. The van der Waals surface area contributed by atoms with Crippen molar-refractivity contribution in [3.05, 3.63) is 59.2 Å². The van der Waals surface area contributed by atoms with Crippen LogP contribution in [0.2, 0.25) is 0 Å². The van der Waals surface area contributed by atoms with Crippen molar-refractivity contribution in [1.82, 2.24) is 0 Å². The number of phenols is 2. The van der Waals surface area contributed by atoms with Gasteiger partial charge in [0.15, 0.2) is 11.5 Å². The van der Waals surface area contributed by atoms with Crippen LogP contribution in [0.3, 0.4) is 0 Å². The van der Waals surface area contributed by atoms with Crippen molar-refractivity contribution in [2.45, 2.75) is 13.5 Å². The second-order valence-corrected chi connectivity index (χ2v) is 4.27. The Balaban J connectivity index is 2.03. The highest BCUT2D eigenvalue weighted by Gasteiger charge is 2.10. The van der Waals surface area contributed by atoms with E-state index in [0.29, 0.717) is 0 Å². The second-order valence-electron chi connectivity index (χ2n) is 4.27. The average molecular weight is 258 g/mol. The third-order valence-corrected chi connectivity index (χ3v) is 2.66. The molecule has 19 heavy (non-hydrogen) atoms. The molecule has 4 nitrogen and oxygen atoms in total. The van der Waals surface area contributed by atoms with E-state index >= 15 is 0 Å². The molecule has 0 unspecified atom stereocenters. The van der Waals surface area contributed by atoms with Crippen LogP contribution in [0.4, 0.5) is 0 Å². The van der Waals surface area contributed by atoms with Crippen LogP contribution in [0, 0.1) is 6.92 Å². The van der Waals surface area contributed by atoms with E-state index < -0.39 is 5.97 Å². The lowest BCUT2D eigenvalue weighted by Crippen LogP contribution is -2.05. The van der Waals surface area contributed by atoms with Crippen LogP contribution in [-0.2, 0) is 11.3 Å². The molecule has 98 valence electrons. The number of hydrogen-bond donors (Lipinski definition) is 2. The molecule has 0 aliphatic carbocycles. The van der Waals surface area contributed by atoms with E-state index in [4.69, 9.17) is 9.84 Å². The van der Waals surface area contributed by atoms with Crippen LogP contribution in [0.15, 0.2) is 42.5 Å². The van der Waals surface area contributed by atoms with Crippen LogP contribution in [0.5, 0.6) is 11.5 Å². The Kier molecular flexibility index (Phi) is 3.71. The molecule has 2 N–H and O–H groups in total. The summed E-state index contributed by atoms with van der Waals surface area (Å²) in [7, 11) is 0. The van der Waals surface area contributed by atoms with Crippen LogP contribution >= 0.6 is 0 Å². The van der Waals surface area contributed by atoms with Crippen molar-refractivity contribution in [1.29, 1.82) is 0 Å². The number of ether oxygens (including phenoxy) is 1. The number of rotatable bonds is 3. The average Bonchev–Trinajstić information content (AvgIpc) is 2.39. The van der Waals surface area contributed by atoms with Crippen molar-refractivity contribution in [3.63, 3.8) is 0 Å². The maximum Gasteiger partial charge on any atom is 0.338 e.